The van der Waals surface area contributed by atoms with Gasteiger partial charge in [-0.15, -0.1) is 0 Å². The average Bonchev–Trinajstić information content (AvgIpc) is 2.87. The lowest BCUT2D eigenvalue weighted by Crippen LogP contribution is -2.23. The van der Waals surface area contributed by atoms with Crippen LogP contribution < -0.4 is 10.6 Å². The number of hydrogen-bond donors (Lipinski definition) is 2. The van der Waals surface area contributed by atoms with Crippen LogP contribution in [0.4, 0.5) is 5.82 Å². The fourth-order valence-corrected chi connectivity index (χ4v) is 1.97. The number of nitrogens with zero attached hydrogens (tertiary/aromatic N) is 2. The third-order valence-electron chi connectivity index (χ3n) is 3.25. The van der Waals surface area contributed by atoms with Gasteiger partial charge in [0.1, 0.15) is 5.82 Å². The van der Waals surface area contributed by atoms with Crippen LogP contribution in [0.1, 0.15) is 29.9 Å². The molecule has 0 saturated carbocycles. The molecule has 2 N–H and O–H groups in total. The molecule has 1 aromatic heterocycles. The highest BCUT2D eigenvalue weighted by Gasteiger charge is 2.15. The standard InChI is InChI=1S/C16H19ClN4O2/c1-10(2)15(22)19-14-8-13(20-21(14)3)16(23)18-9-11-4-6-12(17)7-5-11/h4-8,10H,9H2,1-3H3,(H,18,23)(H,19,22). The number of nitrogens with one attached hydrogen (secondary N) is 2. The molecule has 0 bridgehead atoms. The molecular formula is C16H19ClN4O2. The number of halogens is 1. The molecule has 0 fully saturated rings. The zero-order valence-corrected chi connectivity index (χ0v) is 14.0. The van der Waals surface area contributed by atoms with Crippen LogP contribution in [0.5, 0.6) is 0 Å². The van der Waals surface area contributed by atoms with Crippen LogP contribution in [0.2, 0.25) is 5.02 Å². The Balaban J connectivity index is 1.99. The number of rotatable bonds is 5. The normalized spacial score (nSPS) is 10.7. The number of carbonyl (C=O) groups is 2. The van der Waals surface area contributed by atoms with Gasteiger partial charge in [-0.2, -0.15) is 5.10 Å². The quantitative estimate of drug-likeness (QED) is 0.882. The third-order valence-corrected chi connectivity index (χ3v) is 3.51. The molecule has 1 aromatic carbocycles. The summed E-state index contributed by atoms with van der Waals surface area (Å²) < 4.78 is 1.47. The van der Waals surface area contributed by atoms with Crippen molar-refractivity contribution >= 4 is 29.2 Å². The molecule has 0 aliphatic heterocycles. The lowest BCUT2D eigenvalue weighted by Gasteiger charge is -2.06. The van der Waals surface area contributed by atoms with Gasteiger partial charge in [-0.05, 0) is 17.7 Å². The maximum absolute atomic E-state index is 12.1. The van der Waals surface area contributed by atoms with E-state index in [0.29, 0.717) is 17.4 Å². The van der Waals surface area contributed by atoms with Gasteiger partial charge in [0.2, 0.25) is 5.91 Å². The first-order valence-corrected chi connectivity index (χ1v) is 7.62. The summed E-state index contributed by atoms with van der Waals surface area (Å²) in [4.78, 5) is 23.9. The number of aromatic nitrogens is 2. The number of anilines is 1. The number of aryl methyl sites for hydroxylation is 1. The maximum atomic E-state index is 12.1. The fraction of sp³-hybridized carbons (Fsp3) is 0.312. The predicted octanol–water partition coefficient (Wildman–Crippen LogP) is 2.60. The molecule has 122 valence electrons. The monoisotopic (exact) mass is 334 g/mol. The van der Waals surface area contributed by atoms with Crippen molar-refractivity contribution in [3.63, 3.8) is 0 Å². The Hall–Kier alpha value is -2.34. The van der Waals surface area contributed by atoms with Crippen LogP contribution in [-0.4, -0.2) is 21.6 Å². The summed E-state index contributed by atoms with van der Waals surface area (Å²) in [6, 6.07) is 8.77. The summed E-state index contributed by atoms with van der Waals surface area (Å²) >= 11 is 5.82. The van der Waals surface area contributed by atoms with E-state index in [1.807, 2.05) is 12.1 Å². The summed E-state index contributed by atoms with van der Waals surface area (Å²) in [6.45, 7) is 3.97. The number of hydrogen-bond acceptors (Lipinski definition) is 3. The Morgan fingerprint density at radius 2 is 1.91 bits per heavy atom. The van der Waals surface area contributed by atoms with Crippen LogP contribution in [-0.2, 0) is 18.4 Å². The largest absolute Gasteiger partial charge is 0.347 e. The predicted molar refractivity (Wildman–Crippen MR) is 89.3 cm³/mol. The molecule has 0 aliphatic carbocycles. The molecule has 0 radical (unpaired) electrons. The Labute approximate surface area is 139 Å². The first-order valence-electron chi connectivity index (χ1n) is 7.24. The minimum atomic E-state index is -0.305. The molecule has 7 heteroatoms. The molecule has 1 heterocycles. The van der Waals surface area contributed by atoms with E-state index >= 15 is 0 Å². The van der Waals surface area contributed by atoms with Crippen molar-refractivity contribution in [1.29, 1.82) is 0 Å². The van der Waals surface area contributed by atoms with Gasteiger partial charge in [-0.3, -0.25) is 14.3 Å². The number of amides is 2. The van der Waals surface area contributed by atoms with Crippen molar-refractivity contribution in [2.75, 3.05) is 5.32 Å². The summed E-state index contributed by atoms with van der Waals surface area (Å²) in [7, 11) is 1.67. The number of carbonyl (C=O) groups excluding carboxylic acids is 2. The lowest BCUT2D eigenvalue weighted by atomic mass is 10.2. The van der Waals surface area contributed by atoms with Gasteiger partial charge in [0, 0.05) is 30.6 Å². The Kier molecular flexibility index (Phi) is 5.39. The second-order valence-electron chi connectivity index (χ2n) is 5.49. The van der Waals surface area contributed by atoms with Crippen LogP contribution >= 0.6 is 11.6 Å². The van der Waals surface area contributed by atoms with Gasteiger partial charge in [0.15, 0.2) is 5.69 Å². The first kappa shape index (κ1) is 17.0. The van der Waals surface area contributed by atoms with Crippen molar-refractivity contribution in [3.05, 3.63) is 46.6 Å². The van der Waals surface area contributed by atoms with E-state index < -0.39 is 0 Å². The van der Waals surface area contributed by atoms with E-state index in [2.05, 4.69) is 15.7 Å². The first-order chi connectivity index (χ1) is 10.9. The van der Waals surface area contributed by atoms with Crippen LogP contribution in [0.3, 0.4) is 0 Å². The maximum Gasteiger partial charge on any atom is 0.272 e. The van der Waals surface area contributed by atoms with Crippen molar-refractivity contribution in [2.24, 2.45) is 13.0 Å². The molecule has 23 heavy (non-hydrogen) atoms. The van der Waals surface area contributed by atoms with Gasteiger partial charge in [-0.1, -0.05) is 37.6 Å². The van der Waals surface area contributed by atoms with E-state index in [9.17, 15) is 9.59 Å². The van der Waals surface area contributed by atoms with Gasteiger partial charge >= 0.3 is 0 Å². The highest BCUT2D eigenvalue weighted by Crippen LogP contribution is 2.12. The summed E-state index contributed by atoms with van der Waals surface area (Å²) in [6.07, 6.45) is 0. The fourth-order valence-electron chi connectivity index (χ4n) is 1.84. The topological polar surface area (TPSA) is 76.0 Å². The van der Waals surface area contributed by atoms with Crippen molar-refractivity contribution in [1.82, 2.24) is 15.1 Å². The summed E-state index contributed by atoms with van der Waals surface area (Å²) in [5.74, 6) is -0.0888. The van der Waals surface area contributed by atoms with Crippen LogP contribution in [0.15, 0.2) is 30.3 Å². The molecule has 2 amide bonds. The molecule has 0 spiro atoms. The zero-order valence-electron chi connectivity index (χ0n) is 13.3. The third kappa shape index (κ3) is 4.56. The Morgan fingerprint density at radius 1 is 1.26 bits per heavy atom. The minimum Gasteiger partial charge on any atom is -0.347 e. The molecule has 6 nitrogen and oxygen atoms in total. The second kappa shape index (κ2) is 7.28. The highest BCUT2D eigenvalue weighted by atomic mass is 35.5. The molecule has 2 rings (SSSR count). The van der Waals surface area contributed by atoms with E-state index in [1.165, 1.54) is 4.68 Å². The minimum absolute atomic E-state index is 0.124. The SMILES string of the molecule is CC(C)C(=O)Nc1cc(C(=O)NCc2ccc(Cl)cc2)nn1C. The molecule has 0 saturated heterocycles. The second-order valence-corrected chi connectivity index (χ2v) is 5.93. The molecule has 0 unspecified atom stereocenters. The van der Waals surface area contributed by atoms with E-state index in [1.54, 1.807) is 39.1 Å². The smallest absolute Gasteiger partial charge is 0.272 e. The molecule has 0 atom stereocenters. The van der Waals surface area contributed by atoms with Crippen LogP contribution in [0, 0.1) is 5.92 Å². The zero-order chi connectivity index (χ0) is 17.0. The molecular weight excluding hydrogens is 316 g/mol. The molecule has 2 aromatic rings. The van der Waals surface area contributed by atoms with E-state index in [-0.39, 0.29) is 23.4 Å². The van der Waals surface area contributed by atoms with Gasteiger partial charge in [0.25, 0.3) is 5.91 Å². The van der Waals surface area contributed by atoms with Gasteiger partial charge < -0.3 is 10.6 Å². The average molecular weight is 335 g/mol. The lowest BCUT2D eigenvalue weighted by molar-refractivity contribution is -0.118. The summed E-state index contributed by atoms with van der Waals surface area (Å²) in [5, 5.41) is 10.3. The molecule has 0 aliphatic rings. The van der Waals surface area contributed by atoms with Crippen molar-refractivity contribution < 1.29 is 9.59 Å². The number of benzene rings is 1. The van der Waals surface area contributed by atoms with E-state index in [4.69, 9.17) is 11.6 Å². The summed E-state index contributed by atoms with van der Waals surface area (Å²) in [5.41, 5.74) is 1.19. The Morgan fingerprint density at radius 3 is 2.52 bits per heavy atom. The van der Waals surface area contributed by atoms with Crippen molar-refractivity contribution in [2.45, 2.75) is 20.4 Å². The van der Waals surface area contributed by atoms with E-state index in [0.717, 1.165) is 5.56 Å². The van der Waals surface area contributed by atoms with Crippen molar-refractivity contribution in [3.8, 4) is 0 Å². The Bertz CT molecular complexity index is 707. The van der Waals surface area contributed by atoms with Crippen LogP contribution in [0.25, 0.3) is 0 Å². The van der Waals surface area contributed by atoms with Gasteiger partial charge in [-0.25, -0.2) is 0 Å². The highest BCUT2D eigenvalue weighted by molar-refractivity contribution is 6.30. The van der Waals surface area contributed by atoms with Gasteiger partial charge in [0.05, 0.1) is 0 Å².